The molecule has 17 rings (SSSR count). The van der Waals surface area contributed by atoms with Gasteiger partial charge in [0.25, 0.3) is 0 Å². The Kier molecular flexibility index (Phi) is 14.1. The van der Waals surface area contributed by atoms with Crippen molar-refractivity contribution in [1.29, 1.82) is 0 Å². The minimum absolute atomic E-state index is 0.171. The molecule has 0 saturated heterocycles. The molecule has 466 valence electrons. The van der Waals surface area contributed by atoms with Crippen molar-refractivity contribution in [2.24, 2.45) is 0 Å². The van der Waals surface area contributed by atoms with E-state index in [1.165, 1.54) is 144 Å². The Morgan fingerprint density at radius 3 is 0.773 bits per heavy atom. The molecule has 0 N–H and O–H groups in total. The molecule has 3 aliphatic carbocycles. The molecule has 0 atom stereocenters. The van der Waals surface area contributed by atoms with Crippen LogP contribution in [0.3, 0.4) is 0 Å². The van der Waals surface area contributed by atoms with E-state index in [-0.39, 0.29) is 16.2 Å². The van der Waals surface area contributed by atoms with Crippen LogP contribution in [0.2, 0.25) is 0 Å². The Labute approximate surface area is 571 Å². The van der Waals surface area contributed by atoms with Crippen molar-refractivity contribution in [3.63, 3.8) is 0 Å². The molecular formula is C95H76N2. The van der Waals surface area contributed by atoms with Crippen molar-refractivity contribution >= 4 is 80.0 Å². The van der Waals surface area contributed by atoms with Gasteiger partial charge in [-0.25, -0.2) is 0 Å². The molecule has 0 aliphatic heterocycles. The average Bonchev–Trinajstić information content (AvgIpc) is 1.61. The second kappa shape index (κ2) is 23.0. The number of benzene rings is 14. The molecule has 0 unspecified atom stereocenters. The number of fused-ring (bicyclic) bond motifs is 11. The first kappa shape index (κ1) is 59.4. The third-order valence-electron chi connectivity index (χ3n) is 21.5. The van der Waals surface area contributed by atoms with E-state index in [0.29, 0.717) is 0 Å². The zero-order valence-corrected chi connectivity index (χ0v) is 56.4. The van der Waals surface area contributed by atoms with Gasteiger partial charge in [0.2, 0.25) is 0 Å². The monoisotopic (exact) mass is 1240 g/mol. The minimum atomic E-state index is -0.210. The zero-order chi connectivity index (χ0) is 65.9. The van der Waals surface area contributed by atoms with Crippen LogP contribution in [0.25, 0.3) is 101 Å². The summed E-state index contributed by atoms with van der Waals surface area (Å²) in [6.45, 7) is 18.7. The summed E-state index contributed by atoms with van der Waals surface area (Å²) in [4.78, 5) is 4.81. The molecule has 14 aromatic rings. The van der Waals surface area contributed by atoms with Gasteiger partial charge in [0.1, 0.15) is 0 Å². The second-order valence-corrected chi connectivity index (χ2v) is 28.8. The molecule has 2 heteroatoms. The largest absolute Gasteiger partial charge is 0.310 e. The van der Waals surface area contributed by atoms with Crippen molar-refractivity contribution in [3.05, 3.63) is 358 Å². The van der Waals surface area contributed by atoms with E-state index in [0.717, 1.165) is 34.1 Å². The zero-order valence-electron chi connectivity index (χ0n) is 56.4. The van der Waals surface area contributed by atoms with Crippen molar-refractivity contribution in [1.82, 2.24) is 0 Å². The van der Waals surface area contributed by atoms with E-state index in [1.807, 2.05) is 0 Å². The third kappa shape index (κ3) is 10.3. The van der Waals surface area contributed by atoms with Gasteiger partial charge in [-0.2, -0.15) is 0 Å². The summed E-state index contributed by atoms with van der Waals surface area (Å²) in [5.41, 5.74) is 34.4. The van der Waals surface area contributed by atoms with Gasteiger partial charge in [-0.3, -0.25) is 0 Å². The summed E-state index contributed by atoms with van der Waals surface area (Å²) < 4.78 is 0. The number of aryl methyl sites for hydroxylation is 2. The Morgan fingerprint density at radius 2 is 0.464 bits per heavy atom. The molecule has 0 radical (unpaired) electrons. The van der Waals surface area contributed by atoms with Gasteiger partial charge in [-0.15, -0.1) is 0 Å². The smallest absolute Gasteiger partial charge is 0.0465 e. The summed E-state index contributed by atoms with van der Waals surface area (Å²) in [6, 6.07) is 109. The lowest BCUT2D eigenvalue weighted by molar-refractivity contribution is 0.660. The van der Waals surface area contributed by atoms with Crippen LogP contribution in [-0.2, 0) is 16.2 Å². The molecule has 0 aromatic heterocycles. The van der Waals surface area contributed by atoms with Gasteiger partial charge in [-0.05, 0) is 232 Å². The Bertz CT molecular complexity index is 5190. The van der Waals surface area contributed by atoms with Crippen LogP contribution in [0, 0.1) is 13.8 Å². The Balaban J connectivity index is 0.596. The molecular weight excluding hydrogens is 1170 g/mol. The van der Waals surface area contributed by atoms with Crippen molar-refractivity contribution in [2.75, 3.05) is 9.80 Å². The lowest BCUT2D eigenvalue weighted by atomic mass is 9.81. The number of hydrogen-bond acceptors (Lipinski definition) is 2. The Morgan fingerprint density at radius 1 is 0.216 bits per heavy atom. The molecule has 0 spiro atoms. The van der Waals surface area contributed by atoms with Gasteiger partial charge in [0.05, 0.1) is 0 Å². The minimum Gasteiger partial charge on any atom is -0.310 e. The molecule has 0 heterocycles. The highest BCUT2D eigenvalue weighted by molar-refractivity contribution is 5.93. The van der Waals surface area contributed by atoms with E-state index in [4.69, 9.17) is 0 Å². The topological polar surface area (TPSA) is 6.48 Å². The molecule has 2 nitrogen and oxygen atoms in total. The van der Waals surface area contributed by atoms with E-state index in [2.05, 4.69) is 381 Å². The van der Waals surface area contributed by atoms with Gasteiger partial charge < -0.3 is 9.80 Å². The summed E-state index contributed by atoms with van der Waals surface area (Å²) in [5.74, 6) is 0. The molecule has 3 aliphatic rings. The van der Waals surface area contributed by atoms with Crippen molar-refractivity contribution < 1.29 is 0 Å². The Hall–Kier alpha value is -11.3. The maximum Gasteiger partial charge on any atom is 0.0465 e. The summed E-state index contributed by atoms with van der Waals surface area (Å²) >= 11 is 0. The fourth-order valence-electron chi connectivity index (χ4n) is 16.0. The van der Waals surface area contributed by atoms with E-state index in [9.17, 15) is 0 Å². The number of nitrogens with zero attached hydrogens (tertiary/aromatic N) is 2. The highest BCUT2D eigenvalue weighted by Crippen LogP contribution is 2.54. The van der Waals surface area contributed by atoms with Crippen LogP contribution >= 0.6 is 0 Å². The van der Waals surface area contributed by atoms with Crippen LogP contribution in [0.15, 0.2) is 291 Å². The quantitative estimate of drug-likeness (QED) is 0.113. The average molecular weight is 1250 g/mol. The van der Waals surface area contributed by atoms with E-state index < -0.39 is 0 Å². The van der Waals surface area contributed by atoms with E-state index >= 15 is 0 Å². The van der Waals surface area contributed by atoms with Crippen LogP contribution in [0.5, 0.6) is 0 Å². The third-order valence-corrected chi connectivity index (χ3v) is 21.5. The number of rotatable bonds is 12. The van der Waals surface area contributed by atoms with E-state index in [1.54, 1.807) is 0 Å². The van der Waals surface area contributed by atoms with Gasteiger partial charge >= 0.3 is 0 Å². The predicted molar refractivity (Wildman–Crippen MR) is 415 cm³/mol. The number of anilines is 6. The molecule has 0 bridgehead atoms. The molecule has 0 saturated carbocycles. The first-order valence-electron chi connectivity index (χ1n) is 34.3. The van der Waals surface area contributed by atoms with Crippen LogP contribution in [0.4, 0.5) is 34.1 Å². The predicted octanol–water partition coefficient (Wildman–Crippen LogP) is 26.1. The molecule has 97 heavy (non-hydrogen) atoms. The van der Waals surface area contributed by atoms with Crippen molar-refractivity contribution in [2.45, 2.75) is 71.6 Å². The highest BCUT2D eigenvalue weighted by atomic mass is 15.1. The lowest BCUT2D eigenvalue weighted by Crippen LogP contribution is -2.16. The SMILES string of the molecule is Cc1ccc(N(c2ccc(-c3ccc4ccccc4c3)cc2)c2ccc3c(c2)C(C)(C)c2cc(C=Cc4ccc5c(c4)C(C)(C)c4cc(C=Cc6ccc7c(c6)C(C)(C)c6cc(N(c8ccc(C)cc8)c8ccc(-c9ccc%10ccccc%10c9)cc8)ccc6-7)ccc4-5)ccc2-3)cc1. The summed E-state index contributed by atoms with van der Waals surface area (Å²) in [6.07, 6.45) is 9.20. The van der Waals surface area contributed by atoms with Gasteiger partial charge in [-0.1, -0.05) is 283 Å². The standard InChI is InChI=1S/C95H76N2/c1-61-17-37-75(38-18-61)96(77-41-33-69(34-42-77)73-31-29-67-13-9-11-15-71(67)57-73)79-45-51-85-83-49-27-65(55-89(83)94(5,6)91(85)59-79)23-21-63-25-47-81-82-48-26-64(54-88(82)93(3,4)87(81)53-63)22-24-66-28-50-84-86-52-46-80(60-92(86)95(7,8)90(84)56-66)97(76-39-19-62(2)20-40-76)78-43-35-70(36-44-78)74-32-30-68-14-10-12-16-72(68)58-74/h9-60H,1-8H3. The normalized spacial score (nSPS) is 14.1. The first-order chi connectivity index (χ1) is 47.1. The fourth-order valence-corrected chi connectivity index (χ4v) is 16.0. The number of hydrogen-bond donors (Lipinski definition) is 0. The van der Waals surface area contributed by atoms with Crippen LogP contribution in [-0.4, -0.2) is 0 Å². The van der Waals surface area contributed by atoms with Gasteiger partial charge in [0, 0.05) is 50.4 Å². The maximum absolute atomic E-state index is 2.43. The fraction of sp³-hybridized carbons (Fsp3) is 0.116. The lowest BCUT2D eigenvalue weighted by Gasteiger charge is -2.28. The first-order valence-corrected chi connectivity index (χ1v) is 34.3. The molecule has 14 aromatic carbocycles. The van der Waals surface area contributed by atoms with Crippen LogP contribution in [0.1, 0.15) is 108 Å². The highest BCUT2D eigenvalue weighted by Gasteiger charge is 2.39. The summed E-state index contributed by atoms with van der Waals surface area (Å²) in [5, 5.41) is 5.02. The maximum atomic E-state index is 2.43. The summed E-state index contributed by atoms with van der Waals surface area (Å²) in [7, 11) is 0. The second-order valence-electron chi connectivity index (χ2n) is 28.8. The molecule has 0 fully saturated rings. The molecule has 0 amide bonds. The van der Waals surface area contributed by atoms with Crippen molar-refractivity contribution in [3.8, 4) is 55.6 Å². The van der Waals surface area contributed by atoms with Gasteiger partial charge in [0.15, 0.2) is 0 Å². The van der Waals surface area contributed by atoms with Crippen LogP contribution < -0.4 is 9.80 Å².